The Kier molecular flexibility index (Phi) is 6.00. The largest absolute Gasteiger partial charge is 0.386 e. The Morgan fingerprint density at radius 1 is 1.35 bits per heavy atom. The second-order valence-electron chi connectivity index (χ2n) is 5.41. The van der Waals surface area contributed by atoms with Gasteiger partial charge in [0.25, 0.3) is 0 Å². The van der Waals surface area contributed by atoms with E-state index in [2.05, 4.69) is 15.9 Å². The van der Waals surface area contributed by atoms with Crippen molar-refractivity contribution in [3.63, 3.8) is 0 Å². The molecule has 0 bridgehead atoms. The van der Waals surface area contributed by atoms with Gasteiger partial charge in [-0.2, -0.15) is 0 Å². The van der Waals surface area contributed by atoms with Crippen LogP contribution in [0.25, 0.3) is 0 Å². The predicted molar refractivity (Wildman–Crippen MR) is 81.0 cm³/mol. The fraction of sp³-hybridized carbons (Fsp3) is 0.625. The van der Waals surface area contributed by atoms with Crippen molar-refractivity contribution in [2.75, 3.05) is 6.61 Å². The summed E-state index contributed by atoms with van der Waals surface area (Å²) in [5, 5.41) is 10.6. The van der Waals surface area contributed by atoms with Crippen LogP contribution in [0.15, 0.2) is 22.7 Å². The van der Waals surface area contributed by atoms with Crippen LogP contribution in [0.1, 0.15) is 50.7 Å². The van der Waals surface area contributed by atoms with Crippen molar-refractivity contribution in [2.45, 2.75) is 51.2 Å². The molecule has 1 aromatic carbocycles. The van der Waals surface area contributed by atoms with Crippen LogP contribution in [-0.4, -0.2) is 17.8 Å². The van der Waals surface area contributed by atoms with Crippen LogP contribution in [0.2, 0.25) is 0 Å². The third-order valence-corrected chi connectivity index (χ3v) is 4.70. The Morgan fingerprint density at radius 3 is 2.70 bits per heavy atom. The first kappa shape index (κ1) is 15.9. The van der Waals surface area contributed by atoms with E-state index >= 15 is 0 Å². The van der Waals surface area contributed by atoms with Gasteiger partial charge in [0.2, 0.25) is 0 Å². The first-order valence-electron chi connectivity index (χ1n) is 7.38. The summed E-state index contributed by atoms with van der Waals surface area (Å²) < 4.78 is 20.3. The molecule has 1 saturated carbocycles. The summed E-state index contributed by atoms with van der Waals surface area (Å²) in [5.74, 6) is -0.0717. The number of aliphatic hydroxyl groups excluding tert-OH is 1. The molecule has 112 valence electrons. The highest BCUT2D eigenvalue weighted by atomic mass is 79.9. The third kappa shape index (κ3) is 3.60. The van der Waals surface area contributed by atoms with Crippen molar-refractivity contribution in [3.8, 4) is 0 Å². The molecule has 0 amide bonds. The van der Waals surface area contributed by atoms with Crippen molar-refractivity contribution < 1.29 is 14.2 Å². The topological polar surface area (TPSA) is 29.5 Å². The molecule has 20 heavy (non-hydrogen) atoms. The highest BCUT2D eigenvalue weighted by Crippen LogP contribution is 2.36. The Hall–Kier alpha value is -0.450. The van der Waals surface area contributed by atoms with Crippen LogP contribution < -0.4 is 0 Å². The van der Waals surface area contributed by atoms with Crippen LogP contribution in [0.4, 0.5) is 4.39 Å². The van der Waals surface area contributed by atoms with E-state index in [9.17, 15) is 9.50 Å². The van der Waals surface area contributed by atoms with Crippen LogP contribution in [0, 0.1) is 11.7 Å². The number of rotatable bonds is 5. The van der Waals surface area contributed by atoms with Crippen LogP contribution in [0.5, 0.6) is 0 Å². The van der Waals surface area contributed by atoms with E-state index in [0.29, 0.717) is 22.6 Å². The highest BCUT2D eigenvalue weighted by molar-refractivity contribution is 9.10. The molecule has 1 fully saturated rings. The van der Waals surface area contributed by atoms with Gasteiger partial charge >= 0.3 is 0 Å². The smallest absolute Gasteiger partial charge is 0.143 e. The summed E-state index contributed by atoms with van der Waals surface area (Å²) in [6.45, 7) is 2.45. The number of aliphatic hydroxyl groups is 1. The van der Waals surface area contributed by atoms with Crippen LogP contribution >= 0.6 is 15.9 Å². The van der Waals surface area contributed by atoms with Gasteiger partial charge in [-0.1, -0.05) is 31.4 Å². The van der Waals surface area contributed by atoms with Gasteiger partial charge in [-0.15, -0.1) is 0 Å². The van der Waals surface area contributed by atoms with Crippen LogP contribution in [0.3, 0.4) is 0 Å². The Labute approximate surface area is 128 Å². The maximum absolute atomic E-state index is 14.2. The minimum Gasteiger partial charge on any atom is -0.386 e. The van der Waals surface area contributed by atoms with E-state index in [4.69, 9.17) is 4.74 Å². The van der Waals surface area contributed by atoms with Crippen molar-refractivity contribution >= 4 is 15.9 Å². The fourth-order valence-electron chi connectivity index (χ4n) is 3.07. The Morgan fingerprint density at radius 2 is 2.05 bits per heavy atom. The van der Waals surface area contributed by atoms with E-state index in [1.54, 1.807) is 18.2 Å². The van der Waals surface area contributed by atoms with Crippen LogP contribution in [-0.2, 0) is 4.74 Å². The lowest BCUT2D eigenvalue weighted by molar-refractivity contribution is -0.0750. The number of halogens is 2. The highest BCUT2D eigenvalue weighted by Gasteiger charge is 2.32. The fourth-order valence-corrected chi connectivity index (χ4v) is 3.45. The quantitative estimate of drug-likeness (QED) is 0.845. The van der Waals surface area contributed by atoms with Crippen molar-refractivity contribution in [1.29, 1.82) is 0 Å². The summed E-state index contributed by atoms with van der Waals surface area (Å²) in [6.07, 6.45) is 4.47. The summed E-state index contributed by atoms with van der Waals surface area (Å²) >= 11 is 3.17. The minimum absolute atomic E-state index is 0.316. The molecule has 1 aromatic rings. The van der Waals surface area contributed by atoms with Gasteiger partial charge in [0.05, 0.1) is 10.6 Å². The van der Waals surface area contributed by atoms with Gasteiger partial charge in [0.1, 0.15) is 11.9 Å². The average Bonchev–Trinajstić information content (AvgIpc) is 2.48. The van der Waals surface area contributed by atoms with E-state index in [-0.39, 0.29) is 11.9 Å². The van der Waals surface area contributed by atoms with Gasteiger partial charge in [0, 0.05) is 12.2 Å². The molecule has 0 aliphatic heterocycles. The maximum atomic E-state index is 14.2. The summed E-state index contributed by atoms with van der Waals surface area (Å²) in [5.41, 5.74) is 0.323. The van der Waals surface area contributed by atoms with Crippen molar-refractivity contribution in [2.24, 2.45) is 5.92 Å². The zero-order valence-electron chi connectivity index (χ0n) is 11.8. The maximum Gasteiger partial charge on any atom is 0.143 e. The molecule has 2 unspecified atom stereocenters. The molecule has 2 nitrogen and oxygen atoms in total. The molecule has 0 spiro atoms. The zero-order chi connectivity index (χ0) is 14.5. The lowest BCUT2D eigenvalue weighted by Crippen LogP contribution is -2.32. The first-order valence-corrected chi connectivity index (χ1v) is 8.18. The number of ether oxygens (including phenoxy) is 1. The molecule has 0 heterocycles. The summed E-state index contributed by atoms with van der Waals surface area (Å²) in [7, 11) is 0. The number of hydrogen-bond acceptors (Lipinski definition) is 2. The summed E-state index contributed by atoms with van der Waals surface area (Å²) in [4.78, 5) is 0. The van der Waals surface area contributed by atoms with E-state index in [1.165, 1.54) is 19.3 Å². The van der Waals surface area contributed by atoms with E-state index in [0.717, 1.165) is 12.8 Å². The minimum atomic E-state index is -0.907. The molecule has 0 radical (unpaired) electrons. The SMILES string of the molecule is CCOC(C1CCCCC1)C(O)c1cccc(Br)c1F. The monoisotopic (exact) mass is 344 g/mol. The second kappa shape index (κ2) is 7.53. The first-order chi connectivity index (χ1) is 9.65. The Bertz CT molecular complexity index is 432. The molecule has 0 saturated heterocycles. The standard InChI is InChI=1S/C16H22BrFO2/c1-2-20-16(11-7-4-3-5-8-11)15(19)12-9-6-10-13(17)14(12)18/h6,9-11,15-16,19H,2-5,7-8H2,1H3. The number of hydrogen-bond donors (Lipinski definition) is 1. The zero-order valence-corrected chi connectivity index (χ0v) is 13.4. The molecule has 2 atom stereocenters. The van der Waals surface area contributed by atoms with Gasteiger partial charge in [-0.3, -0.25) is 0 Å². The molecule has 1 aliphatic rings. The molecule has 1 N–H and O–H groups in total. The van der Waals surface area contributed by atoms with Gasteiger partial charge in [-0.25, -0.2) is 4.39 Å². The summed E-state index contributed by atoms with van der Waals surface area (Å²) in [6, 6.07) is 5.02. The average molecular weight is 345 g/mol. The molecule has 4 heteroatoms. The van der Waals surface area contributed by atoms with E-state index in [1.807, 2.05) is 6.92 Å². The predicted octanol–water partition coefficient (Wildman–Crippen LogP) is 4.61. The van der Waals surface area contributed by atoms with E-state index < -0.39 is 6.10 Å². The molecule has 2 rings (SSSR count). The number of benzene rings is 1. The normalized spacial score (nSPS) is 19.8. The third-order valence-electron chi connectivity index (χ3n) is 4.08. The van der Waals surface area contributed by atoms with Gasteiger partial charge in [0.15, 0.2) is 0 Å². The lowest BCUT2D eigenvalue weighted by Gasteiger charge is -2.33. The van der Waals surface area contributed by atoms with Gasteiger partial charge in [-0.05, 0) is 47.7 Å². The van der Waals surface area contributed by atoms with Crippen molar-refractivity contribution in [3.05, 3.63) is 34.1 Å². The lowest BCUT2D eigenvalue weighted by atomic mass is 9.82. The van der Waals surface area contributed by atoms with Crippen molar-refractivity contribution in [1.82, 2.24) is 0 Å². The molecular weight excluding hydrogens is 323 g/mol. The molecule has 1 aliphatic carbocycles. The second-order valence-corrected chi connectivity index (χ2v) is 6.26. The molecule has 0 aromatic heterocycles. The molecular formula is C16H22BrFO2. The Balaban J connectivity index is 2.21. The van der Waals surface area contributed by atoms with Gasteiger partial charge < -0.3 is 9.84 Å².